The van der Waals surface area contributed by atoms with Crippen molar-refractivity contribution in [3.63, 3.8) is 0 Å². The first kappa shape index (κ1) is 20.5. The lowest BCUT2D eigenvalue weighted by atomic mass is 10.2. The molecule has 1 aromatic carbocycles. The molecule has 3 rings (SSSR count). The average Bonchev–Trinajstić information content (AvgIpc) is 2.67. The summed E-state index contributed by atoms with van der Waals surface area (Å²) in [4.78, 5) is 11.0. The molecule has 1 aromatic heterocycles. The van der Waals surface area contributed by atoms with Crippen LogP contribution in [0, 0.1) is 13.8 Å². The van der Waals surface area contributed by atoms with Gasteiger partial charge in [-0.25, -0.2) is 23.1 Å². The Morgan fingerprint density at radius 1 is 1.07 bits per heavy atom. The average molecular weight is 406 g/mol. The maximum absolute atomic E-state index is 12.2. The minimum atomic E-state index is -3.38. The minimum absolute atomic E-state index is 0.0267. The summed E-state index contributed by atoms with van der Waals surface area (Å²) in [5.41, 5.74) is 1.88. The van der Waals surface area contributed by atoms with Gasteiger partial charge in [-0.3, -0.25) is 0 Å². The topological polar surface area (TPSA) is 96.5 Å². The third-order valence-corrected chi connectivity index (χ3v) is 5.75. The van der Waals surface area contributed by atoms with Gasteiger partial charge in [-0.05, 0) is 19.4 Å². The van der Waals surface area contributed by atoms with Crippen molar-refractivity contribution in [2.75, 3.05) is 49.6 Å². The van der Waals surface area contributed by atoms with E-state index in [-0.39, 0.29) is 12.3 Å². The summed E-state index contributed by atoms with van der Waals surface area (Å²) in [6, 6.07) is 9.39. The predicted octanol–water partition coefficient (Wildman–Crippen LogP) is 1.46. The molecule has 1 fully saturated rings. The van der Waals surface area contributed by atoms with Crippen LogP contribution in [0.5, 0.6) is 0 Å². The molecular formula is C19H27N5O3S. The molecule has 2 N–H and O–H groups in total. The zero-order valence-corrected chi connectivity index (χ0v) is 17.1. The third-order valence-electron chi connectivity index (χ3n) is 4.39. The second-order valence-corrected chi connectivity index (χ2v) is 8.63. The Morgan fingerprint density at radius 2 is 1.79 bits per heavy atom. The number of anilines is 2. The van der Waals surface area contributed by atoms with Gasteiger partial charge >= 0.3 is 0 Å². The molecule has 0 amide bonds. The first-order valence-corrected chi connectivity index (χ1v) is 11.0. The van der Waals surface area contributed by atoms with Crippen LogP contribution in [0.4, 0.5) is 11.6 Å². The van der Waals surface area contributed by atoms with Gasteiger partial charge in [-0.15, -0.1) is 0 Å². The first-order chi connectivity index (χ1) is 13.4. The molecule has 1 aliphatic rings. The van der Waals surface area contributed by atoms with Gasteiger partial charge in [0.1, 0.15) is 17.5 Å². The van der Waals surface area contributed by atoms with Gasteiger partial charge < -0.3 is 15.0 Å². The summed E-state index contributed by atoms with van der Waals surface area (Å²) >= 11 is 0. The molecule has 0 unspecified atom stereocenters. The minimum Gasteiger partial charge on any atom is -0.378 e. The van der Waals surface area contributed by atoms with Crippen LogP contribution >= 0.6 is 0 Å². The number of aryl methyl sites for hydroxylation is 2. The van der Waals surface area contributed by atoms with Crippen LogP contribution < -0.4 is 14.9 Å². The van der Waals surface area contributed by atoms with Crippen molar-refractivity contribution in [3.8, 4) is 0 Å². The zero-order chi connectivity index (χ0) is 20.0. The van der Waals surface area contributed by atoms with E-state index in [1.807, 2.05) is 44.2 Å². The molecular weight excluding hydrogens is 378 g/mol. The fourth-order valence-corrected chi connectivity index (χ4v) is 4.10. The first-order valence-electron chi connectivity index (χ1n) is 9.36. The molecule has 2 aromatic rings. The standard InChI is InChI=1S/C19H27N5O3S/c1-15-3-5-17(6-4-15)14-28(25,26)21-8-7-20-18-13-19(23-16(2)22-18)24-9-11-27-12-10-24/h3-6,13,21H,7-12,14H2,1-2H3,(H,20,22,23). The highest BCUT2D eigenvalue weighted by molar-refractivity contribution is 7.88. The summed E-state index contributed by atoms with van der Waals surface area (Å²) in [6.45, 7) is 7.52. The Bertz CT molecular complexity index is 881. The highest BCUT2D eigenvalue weighted by Gasteiger charge is 2.14. The van der Waals surface area contributed by atoms with Crippen LogP contribution in [0.2, 0.25) is 0 Å². The fourth-order valence-electron chi connectivity index (χ4n) is 2.95. The van der Waals surface area contributed by atoms with Crippen molar-refractivity contribution in [3.05, 3.63) is 47.3 Å². The van der Waals surface area contributed by atoms with Crippen LogP contribution in [0.25, 0.3) is 0 Å². The Kier molecular flexibility index (Phi) is 6.82. The molecule has 152 valence electrons. The lowest BCUT2D eigenvalue weighted by Crippen LogP contribution is -2.37. The number of hydrogen-bond acceptors (Lipinski definition) is 7. The molecule has 0 saturated carbocycles. The summed E-state index contributed by atoms with van der Waals surface area (Å²) in [5, 5.41) is 3.17. The quantitative estimate of drug-likeness (QED) is 0.642. The maximum Gasteiger partial charge on any atom is 0.215 e. The van der Waals surface area contributed by atoms with Crippen molar-refractivity contribution in [1.82, 2.24) is 14.7 Å². The number of morpholine rings is 1. The van der Waals surface area contributed by atoms with Crippen LogP contribution in [0.1, 0.15) is 17.0 Å². The smallest absolute Gasteiger partial charge is 0.215 e. The number of ether oxygens (including phenoxy) is 1. The number of aromatic nitrogens is 2. The molecule has 1 saturated heterocycles. The summed E-state index contributed by atoms with van der Waals surface area (Å²) < 4.78 is 32.5. The van der Waals surface area contributed by atoms with Crippen LogP contribution in [0.3, 0.4) is 0 Å². The van der Waals surface area contributed by atoms with E-state index >= 15 is 0 Å². The highest BCUT2D eigenvalue weighted by atomic mass is 32.2. The van der Waals surface area contributed by atoms with E-state index in [0.717, 1.165) is 30.0 Å². The number of benzene rings is 1. The third kappa shape index (κ3) is 6.15. The van der Waals surface area contributed by atoms with Gasteiger partial charge in [0.15, 0.2) is 0 Å². The Labute approximate surface area is 166 Å². The maximum atomic E-state index is 12.2. The van der Waals surface area contributed by atoms with Gasteiger partial charge in [0.2, 0.25) is 10.0 Å². The van der Waals surface area contributed by atoms with Crippen LogP contribution in [0.15, 0.2) is 30.3 Å². The lowest BCUT2D eigenvalue weighted by Gasteiger charge is -2.28. The van der Waals surface area contributed by atoms with E-state index in [0.29, 0.717) is 31.4 Å². The molecule has 9 heteroatoms. The molecule has 0 atom stereocenters. The highest BCUT2D eigenvalue weighted by Crippen LogP contribution is 2.17. The Hall–Kier alpha value is -2.23. The molecule has 0 aliphatic carbocycles. The SMILES string of the molecule is Cc1ccc(CS(=O)(=O)NCCNc2cc(N3CCOCC3)nc(C)n2)cc1. The van der Waals surface area contributed by atoms with Crippen LogP contribution in [-0.2, 0) is 20.5 Å². The number of hydrogen-bond donors (Lipinski definition) is 2. The van der Waals surface area contributed by atoms with Crippen molar-refractivity contribution in [1.29, 1.82) is 0 Å². The number of rotatable bonds is 8. The second kappa shape index (κ2) is 9.31. The van der Waals surface area contributed by atoms with Gasteiger partial charge in [-0.1, -0.05) is 29.8 Å². The van der Waals surface area contributed by atoms with Gasteiger partial charge in [0, 0.05) is 32.2 Å². The molecule has 28 heavy (non-hydrogen) atoms. The Balaban J connectivity index is 1.50. The van der Waals surface area contributed by atoms with E-state index < -0.39 is 10.0 Å². The number of nitrogens with zero attached hydrogens (tertiary/aromatic N) is 3. The van der Waals surface area contributed by atoms with Crippen molar-refractivity contribution < 1.29 is 13.2 Å². The fraction of sp³-hybridized carbons (Fsp3) is 0.474. The van der Waals surface area contributed by atoms with Gasteiger partial charge in [-0.2, -0.15) is 0 Å². The Morgan fingerprint density at radius 3 is 2.50 bits per heavy atom. The molecule has 1 aliphatic heterocycles. The van der Waals surface area contributed by atoms with Gasteiger partial charge in [0.25, 0.3) is 0 Å². The van der Waals surface area contributed by atoms with E-state index in [1.165, 1.54) is 0 Å². The molecule has 0 radical (unpaired) electrons. The number of nitrogens with one attached hydrogen (secondary N) is 2. The van der Waals surface area contributed by atoms with Crippen molar-refractivity contribution in [2.45, 2.75) is 19.6 Å². The molecule has 8 nitrogen and oxygen atoms in total. The lowest BCUT2D eigenvalue weighted by molar-refractivity contribution is 0.122. The normalized spacial score (nSPS) is 14.9. The number of sulfonamides is 1. The van der Waals surface area contributed by atoms with Crippen molar-refractivity contribution in [2.24, 2.45) is 0 Å². The summed E-state index contributed by atoms with van der Waals surface area (Å²) in [6.07, 6.45) is 0. The zero-order valence-electron chi connectivity index (χ0n) is 16.3. The van der Waals surface area contributed by atoms with E-state index in [2.05, 4.69) is 24.9 Å². The van der Waals surface area contributed by atoms with E-state index in [9.17, 15) is 8.42 Å². The molecule has 0 bridgehead atoms. The van der Waals surface area contributed by atoms with E-state index in [1.54, 1.807) is 0 Å². The van der Waals surface area contributed by atoms with Gasteiger partial charge in [0.05, 0.1) is 19.0 Å². The predicted molar refractivity (Wildman–Crippen MR) is 110 cm³/mol. The summed E-state index contributed by atoms with van der Waals surface area (Å²) in [7, 11) is -3.38. The largest absolute Gasteiger partial charge is 0.378 e. The van der Waals surface area contributed by atoms with Crippen LogP contribution in [-0.4, -0.2) is 57.8 Å². The van der Waals surface area contributed by atoms with E-state index in [4.69, 9.17) is 4.74 Å². The molecule has 0 spiro atoms. The monoisotopic (exact) mass is 405 g/mol. The summed E-state index contributed by atoms with van der Waals surface area (Å²) in [5.74, 6) is 2.19. The second-order valence-electron chi connectivity index (χ2n) is 6.82. The van der Waals surface area contributed by atoms with Crippen molar-refractivity contribution >= 4 is 21.7 Å². The molecule has 2 heterocycles.